The van der Waals surface area contributed by atoms with Gasteiger partial charge in [-0.05, 0) is 26.7 Å². The molecule has 3 N–H and O–H groups in total. The normalized spacial score (nSPS) is 20.4. The summed E-state index contributed by atoms with van der Waals surface area (Å²) in [5.74, 6) is -0.186. The highest BCUT2D eigenvalue weighted by atomic mass is 16.2. The minimum atomic E-state index is -0.832. The number of carbonyl (C=O) groups is 1. The standard InChI is InChI=1S/C11H19N3O/c1-10(2,8-12)14-9(15)11(13)6-4-3-5-7-11/h3-7,13H2,1-2H3,(H,14,15). The molecule has 0 aromatic rings. The molecule has 0 unspecified atom stereocenters. The fourth-order valence-electron chi connectivity index (χ4n) is 1.85. The van der Waals surface area contributed by atoms with Crippen molar-refractivity contribution in [1.82, 2.24) is 5.32 Å². The lowest BCUT2D eigenvalue weighted by Gasteiger charge is -2.34. The summed E-state index contributed by atoms with van der Waals surface area (Å²) in [6.07, 6.45) is 4.59. The topological polar surface area (TPSA) is 78.9 Å². The van der Waals surface area contributed by atoms with Gasteiger partial charge in [-0.2, -0.15) is 5.26 Å². The van der Waals surface area contributed by atoms with Crippen LogP contribution in [0.5, 0.6) is 0 Å². The smallest absolute Gasteiger partial charge is 0.241 e. The highest BCUT2D eigenvalue weighted by Gasteiger charge is 2.37. The van der Waals surface area contributed by atoms with E-state index >= 15 is 0 Å². The molecule has 1 aliphatic carbocycles. The Kier molecular flexibility index (Phi) is 3.35. The molecule has 0 spiro atoms. The molecule has 1 aliphatic rings. The van der Waals surface area contributed by atoms with Crippen molar-refractivity contribution in [3.8, 4) is 6.07 Å². The number of hydrogen-bond acceptors (Lipinski definition) is 3. The Morgan fingerprint density at radius 3 is 2.40 bits per heavy atom. The predicted octanol–water partition coefficient (Wildman–Crippen LogP) is 1.07. The van der Waals surface area contributed by atoms with Crippen molar-refractivity contribution in [2.45, 2.75) is 57.0 Å². The molecular formula is C11H19N3O. The van der Waals surface area contributed by atoms with Gasteiger partial charge in [-0.1, -0.05) is 19.3 Å². The van der Waals surface area contributed by atoms with E-state index in [1.165, 1.54) is 0 Å². The zero-order valence-electron chi connectivity index (χ0n) is 9.47. The molecule has 0 radical (unpaired) electrons. The Morgan fingerprint density at radius 1 is 1.40 bits per heavy atom. The molecule has 1 rings (SSSR count). The van der Waals surface area contributed by atoms with E-state index in [4.69, 9.17) is 11.0 Å². The van der Waals surface area contributed by atoms with Gasteiger partial charge in [0.05, 0.1) is 11.6 Å². The Labute approximate surface area is 90.8 Å². The summed E-state index contributed by atoms with van der Waals surface area (Å²) in [5, 5.41) is 11.5. The van der Waals surface area contributed by atoms with Crippen LogP contribution in [0.3, 0.4) is 0 Å². The molecule has 0 atom stereocenters. The van der Waals surface area contributed by atoms with Crippen LogP contribution < -0.4 is 11.1 Å². The first-order valence-electron chi connectivity index (χ1n) is 5.42. The molecule has 1 fully saturated rings. The molecule has 84 valence electrons. The van der Waals surface area contributed by atoms with E-state index in [0.29, 0.717) is 0 Å². The van der Waals surface area contributed by atoms with Gasteiger partial charge in [0.2, 0.25) is 5.91 Å². The molecule has 0 bridgehead atoms. The first-order valence-corrected chi connectivity index (χ1v) is 5.42. The van der Waals surface area contributed by atoms with Crippen LogP contribution in [0.2, 0.25) is 0 Å². The lowest BCUT2D eigenvalue weighted by Crippen LogP contribution is -2.59. The van der Waals surface area contributed by atoms with Crippen LogP contribution in [0.15, 0.2) is 0 Å². The fourth-order valence-corrected chi connectivity index (χ4v) is 1.85. The van der Waals surface area contributed by atoms with Gasteiger partial charge in [-0.15, -0.1) is 0 Å². The van der Waals surface area contributed by atoms with Gasteiger partial charge in [-0.25, -0.2) is 0 Å². The summed E-state index contributed by atoms with van der Waals surface area (Å²) < 4.78 is 0. The molecular weight excluding hydrogens is 190 g/mol. The van der Waals surface area contributed by atoms with E-state index in [0.717, 1.165) is 32.1 Å². The lowest BCUT2D eigenvalue weighted by atomic mass is 9.81. The largest absolute Gasteiger partial charge is 0.337 e. The fraction of sp³-hybridized carbons (Fsp3) is 0.818. The van der Waals surface area contributed by atoms with E-state index < -0.39 is 11.1 Å². The average Bonchev–Trinajstić information content (AvgIpc) is 2.18. The van der Waals surface area contributed by atoms with Crippen LogP contribution in [0.25, 0.3) is 0 Å². The summed E-state index contributed by atoms with van der Waals surface area (Å²) in [6.45, 7) is 3.36. The van der Waals surface area contributed by atoms with Gasteiger partial charge in [0.25, 0.3) is 0 Å². The van der Waals surface area contributed by atoms with E-state index in [1.807, 2.05) is 6.07 Å². The number of amides is 1. The summed E-state index contributed by atoms with van der Waals surface area (Å²) in [7, 11) is 0. The van der Waals surface area contributed by atoms with Gasteiger partial charge in [0.1, 0.15) is 5.54 Å². The lowest BCUT2D eigenvalue weighted by molar-refractivity contribution is -0.128. The van der Waals surface area contributed by atoms with Crippen LogP contribution in [-0.4, -0.2) is 17.0 Å². The second-order valence-electron chi connectivity index (χ2n) is 4.91. The van der Waals surface area contributed by atoms with Crippen LogP contribution in [-0.2, 0) is 4.79 Å². The Morgan fingerprint density at radius 2 is 1.93 bits per heavy atom. The summed E-state index contributed by atoms with van der Waals surface area (Å²) >= 11 is 0. The summed E-state index contributed by atoms with van der Waals surface area (Å²) in [4.78, 5) is 11.9. The van der Waals surface area contributed by atoms with Crippen molar-refractivity contribution in [3.05, 3.63) is 0 Å². The van der Waals surface area contributed by atoms with Crippen LogP contribution in [0.4, 0.5) is 0 Å². The van der Waals surface area contributed by atoms with Crippen LogP contribution >= 0.6 is 0 Å². The Balaban J connectivity index is 2.64. The maximum Gasteiger partial charge on any atom is 0.241 e. The molecule has 15 heavy (non-hydrogen) atoms. The molecule has 1 saturated carbocycles. The molecule has 4 nitrogen and oxygen atoms in total. The van der Waals surface area contributed by atoms with E-state index in [2.05, 4.69) is 5.32 Å². The van der Waals surface area contributed by atoms with Gasteiger partial charge in [0.15, 0.2) is 0 Å². The number of carbonyl (C=O) groups excluding carboxylic acids is 1. The maximum absolute atomic E-state index is 11.9. The van der Waals surface area contributed by atoms with Crippen molar-refractivity contribution in [2.24, 2.45) is 5.73 Å². The molecule has 0 aromatic heterocycles. The summed E-state index contributed by atoms with van der Waals surface area (Å²) in [6, 6.07) is 2.04. The SMILES string of the molecule is CC(C)(C#N)NC(=O)C1(N)CCCCC1. The second-order valence-corrected chi connectivity index (χ2v) is 4.91. The predicted molar refractivity (Wildman–Crippen MR) is 57.8 cm³/mol. The molecule has 0 saturated heterocycles. The number of rotatable bonds is 2. The third-order valence-electron chi connectivity index (χ3n) is 2.90. The average molecular weight is 209 g/mol. The van der Waals surface area contributed by atoms with Gasteiger partial charge >= 0.3 is 0 Å². The zero-order chi connectivity index (χ0) is 11.5. The van der Waals surface area contributed by atoms with Crippen molar-refractivity contribution in [3.63, 3.8) is 0 Å². The van der Waals surface area contributed by atoms with E-state index in [-0.39, 0.29) is 5.91 Å². The van der Waals surface area contributed by atoms with Gasteiger partial charge in [-0.3, -0.25) is 4.79 Å². The van der Waals surface area contributed by atoms with Crippen molar-refractivity contribution in [2.75, 3.05) is 0 Å². The Bertz CT molecular complexity index is 285. The zero-order valence-corrected chi connectivity index (χ0v) is 9.47. The van der Waals surface area contributed by atoms with E-state index in [1.54, 1.807) is 13.8 Å². The molecule has 0 heterocycles. The number of nitrogens with one attached hydrogen (secondary N) is 1. The number of nitrogens with zero attached hydrogens (tertiary/aromatic N) is 1. The Hall–Kier alpha value is -1.08. The van der Waals surface area contributed by atoms with Crippen molar-refractivity contribution in [1.29, 1.82) is 5.26 Å². The third kappa shape index (κ3) is 2.93. The minimum absolute atomic E-state index is 0.186. The first-order chi connectivity index (χ1) is 6.90. The number of nitriles is 1. The number of hydrogen-bond donors (Lipinski definition) is 2. The first kappa shape index (κ1) is 12.0. The minimum Gasteiger partial charge on any atom is -0.337 e. The maximum atomic E-state index is 11.9. The highest BCUT2D eigenvalue weighted by Crippen LogP contribution is 2.26. The molecule has 0 aromatic carbocycles. The van der Waals surface area contributed by atoms with Gasteiger partial charge < -0.3 is 11.1 Å². The van der Waals surface area contributed by atoms with Gasteiger partial charge in [0, 0.05) is 0 Å². The molecule has 4 heteroatoms. The monoisotopic (exact) mass is 209 g/mol. The van der Waals surface area contributed by atoms with Crippen LogP contribution in [0.1, 0.15) is 46.0 Å². The second kappa shape index (κ2) is 4.19. The molecule has 0 aliphatic heterocycles. The van der Waals surface area contributed by atoms with Crippen molar-refractivity contribution >= 4 is 5.91 Å². The highest BCUT2D eigenvalue weighted by molar-refractivity contribution is 5.87. The number of nitrogens with two attached hydrogens (primary N) is 1. The summed E-state index contributed by atoms with van der Waals surface area (Å²) in [5.41, 5.74) is 4.45. The van der Waals surface area contributed by atoms with E-state index in [9.17, 15) is 4.79 Å². The third-order valence-corrected chi connectivity index (χ3v) is 2.90. The van der Waals surface area contributed by atoms with Crippen LogP contribution in [0, 0.1) is 11.3 Å². The molecule has 1 amide bonds. The quantitative estimate of drug-likeness (QED) is 0.714. The van der Waals surface area contributed by atoms with Crippen molar-refractivity contribution < 1.29 is 4.79 Å².